The summed E-state index contributed by atoms with van der Waals surface area (Å²) in [5.41, 5.74) is 0.0440. The van der Waals surface area contributed by atoms with E-state index in [0.29, 0.717) is 35.2 Å². The Kier molecular flexibility index (Phi) is 11.0. The normalized spacial score (nSPS) is 33.7. The van der Waals surface area contributed by atoms with Crippen LogP contribution in [0.25, 0.3) is 0 Å². The van der Waals surface area contributed by atoms with Gasteiger partial charge in [-0.05, 0) is 126 Å². The number of hydrogen-bond acceptors (Lipinski definition) is 4. The standard InChI is InChI=1S/C42H58FO5P/c1-26(2)30-19-24-42(23-18-27-11-8-14-31(43)35(27)37(45)49)21-10-12-28(36(30)42)16-17-29-13-9-15-32-40(5,6)33(20-22-41(29,32)7)48-34(44)25-39(3,4)38(46)47/h8,11,14,28-30,32-33,36H,1,9-10,12-13,15-17,19-22,24-25,49H2,2-7H3,(H,46,47)/t28?,29?,30-,32?,33-,36?,41+,42?/m0/s1. The first-order valence-corrected chi connectivity index (χ1v) is 19.2. The van der Waals surface area contributed by atoms with Gasteiger partial charge in [0, 0.05) is 16.4 Å². The number of carbonyl (C=O) groups is 3. The summed E-state index contributed by atoms with van der Waals surface area (Å²) in [5, 5.41) is 9.53. The van der Waals surface area contributed by atoms with Gasteiger partial charge in [0.25, 0.3) is 0 Å². The lowest BCUT2D eigenvalue weighted by Crippen LogP contribution is -2.55. The lowest BCUT2D eigenvalue weighted by Gasteiger charge is -2.59. The molecule has 0 radical (unpaired) electrons. The number of allylic oxidation sites excluding steroid dienone is 1. The van der Waals surface area contributed by atoms with Gasteiger partial charge in [0.1, 0.15) is 11.9 Å². The largest absolute Gasteiger partial charge is 0.481 e. The fourth-order valence-electron chi connectivity index (χ4n) is 11.1. The summed E-state index contributed by atoms with van der Waals surface area (Å²) in [5.74, 6) is 7.46. The van der Waals surface area contributed by atoms with Crippen molar-refractivity contribution in [2.24, 2.45) is 51.2 Å². The minimum absolute atomic E-state index is 0.0614. The second-order valence-corrected chi connectivity index (χ2v) is 18.1. The molecule has 49 heavy (non-hydrogen) atoms. The van der Waals surface area contributed by atoms with Crippen LogP contribution in [0.1, 0.15) is 141 Å². The van der Waals surface area contributed by atoms with Gasteiger partial charge in [-0.3, -0.25) is 14.4 Å². The number of esters is 1. The van der Waals surface area contributed by atoms with Crippen LogP contribution >= 0.6 is 9.24 Å². The number of hydrogen-bond donors (Lipinski definition) is 1. The van der Waals surface area contributed by atoms with E-state index in [0.717, 1.165) is 51.4 Å². The molecule has 1 aromatic carbocycles. The van der Waals surface area contributed by atoms with Crippen molar-refractivity contribution in [1.82, 2.24) is 0 Å². The van der Waals surface area contributed by atoms with Crippen molar-refractivity contribution in [2.75, 3.05) is 0 Å². The van der Waals surface area contributed by atoms with Crippen molar-refractivity contribution < 1.29 is 28.6 Å². The molecule has 4 saturated carbocycles. The monoisotopic (exact) mass is 692 g/mol. The maximum Gasteiger partial charge on any atom is 0.309 e. The third-order valence-electron chi connectivity index (χ3n) is 13.8. The molecule has 1 N–H and O–H groups in total. The second kappa shape index (κ2) is 14.3. The van der Waals surface area contributed by atoms with Gasteiger partial charge < -0.3 is 9.84 Å². The lowest BCUT2D eigenvalue weighted by molar-refractivity contribution is -0.183. The number of halogens is 1. The van der Waals surface area contributed by atoms with Gasteiger partial charge >= 0.3 is 11.9 Å². The Morgan fingerprint density at radius 3 is 2.45 bits per heavy atom. The van der Waals surface area contributed by atoms with Crippen LogP contribution in [0, 0.1) is 68.9 Å². The molecule has 0 aromatic heterocycles. The predicted octanol–water partition coefficient (Wildman–Crippen LogP) is 10.0. The lowest BCUT2D eigenvalue weighted by atomic mass is 9.47. The van der Waals surface area contributed by atoms with Gasteiger partial charge in [0.15, 0.2) is 5.52 Å². The van der Waals surface area contributed by atoms with E-state index in [1.165, 1.54) is 37.3 Å². The Hall–Kier alpha value is -2.51. The zero-order valence-corrected chi connectivity index (χ0v) is 31.8. The second-order valence-electron chi connectivity index (χ2n) is 17.6. The summed E-state index contributed by atoms with van der Waals surface area (Å²) < 4.78 is 20.7. The van der Waals surface area contributed by atoms with Gasteiger partial charge in [0.2, 0.25) is 0 Å². The Balaban J connectivity index is 1.34. The number of aliphatic carboxylic acids is 1. The smallest absolute Gasteiger partial charge is 0.309 e. The highest BCUT2D eigenvalue weighted by Crippen LogP contribution is 2.63. The third-order valence-corrected chi connectivity index (χ3v) is 14.1. The summed E-state index contributed by atoms with van der Waals surface area (Å²) in [6, 6.07) is 4.72. The van der Waals surface area contributed by atoms with Crippen LogP contribution in [-0.4, -0.2) is 28.7 Å². The van der Waals surface area contributed by atoms with Crippen molar-refractivity contribution in [3.05, 3.63) is 47.3 Å². The first kappa shape index (κ1) is 37.7. The summed E-state index contributed by atoms with van der Waals surface area (Å²) in [4.78, 5) is 36.9. The van der Waals surface area contributed by atoms with E-state index in [-0.39, 0.29) is 39.9 Å². The Morgan fingerprint density at radius 2 is 1.78 bits per heavy atom. The molecule has 6 unspecified atom stereocenters. The molecule has 1 aromatic rings. The summed E-state index contributed by atoms with van der Waals surface area (Å²) in [6.45, 7) is 16.8. The molecule has 4 aliphatic carbocycles. The van der Waals surface area contributed by atoms with Gasteiger partial charge in [-0.1, -0.05) is 79.3 Å². The number of carboxylic acid groups (broad SMARTS) is 1. The highest BCUT2D eigenvalue weighted by atomic mass is 31.0. The quantitative estimate of drug-likeness (QED) is 0.121. The zero-order chi connectivity index (χ0) is 35.9. The number of benzene rings is 1. The molecule has 9 atom stereocenters. The Morgan fingerprint density at radius 1 is 1.04 bits per heavy atom. The number of rotatable bonds is 9. The van der Waals surface area contributed by atoms with Gasteiger partial charge in [-0.15, -0.1) is 0 Å². The van der Waals surface area contributed by atoms with Crippen molar-refractivity contribution in [3.63, 3.8) is 0 Å². The fourth-order valence-corrected chi connectivity index (χ4v) is 11.4. The number of carboxylic acids is 1. The van der Waals surface area contributed by atoms with Crippen LogP contribution in [0.2, 0.25) is 0 Å². The van der Waals surface area contributed by atoms with Crippen LogP contribution in [0.4, 0.5) is 4.39 Å². The molecule has 0 amide bonds. The van der Waals surface area contributed by atoms with Crippen LogP contribution in [0.3, 0.4) is 0 Å². The van der Waals surface area contributed by atoms with E-state index in [2.05, 4.69) is 55.4 Å². The summed E-state index contributed by atoms with van der Waals surface area (Å²) >= 11 is 0. The topological polar surface area (TPSA) is 80.7 Å². The van der Waals surface area contributed by atoms with Gasteiger partial charge in [-0.2, -0.15) is 0 Å². The molecule has 0 saturated heterocycles. The zero-order valence-electron chi connectivity index (χ0n) is 30.6. The SMILES string of the molecule is C=C(C)[C@@H]1CCC2(C#Cc3cccc(F)c3C(=O)P)CCCC(CCC3CCCC4C(C)(C)[C@@H](OC(=O)CC(C)(C)C(=O)O)CC[C@]34C)C12. The molecule has 0 heterocycles. The predicted molar refractivity (Wildman–Crippen MR) is 195 cm³/mol. The Bertz CT molecular complexity index is 1530. The minimum atomic E-state index is -1.15. The van der Waals surface area contributed by atoms with Crippen LogP contribution in [0.15, 0.2) is 30.4 Å². The van der Waals surface area contributed by atoms with Crippen molar-refractivity contribution in [1.29, 1.82) is 0 Å². The average molecular weight is 693 g/mol. The molecule has 4 aliphatic rings. The van der Waals surface area contributed by atoms with E-state index >= 15 is 0 Å². The van der Waals surface area contributed by atoms with Crippen LogP contribution in [-0.2, 0) is 14.3 Å². The highest BCUT2D eigenvalue weighted by molar-refractivity contribution is 7.41. The number of fused-ring (bicyclic) bond motifs is 2. The van der Waals surface area contributed by atoms with Crippen molar-refractivity contribution in [2.45, 2.75) is 131 Å². The molecule has 268 valence electrons. The fraction of sp³-hybridized carbons (Fsp3) is 0.690. The van der Waals surface area contributed by atoms with Gasteiger partial charge in [0.05, 0.1) is 17.4 Å². The van der Waals surface area contributed by atoms with Crippen molar-refractivity contribution in [3.8, 4) is 11.8 Å². The maximum atomic E-state index is 14.6. The Labute approximate surface area is 296 Å². The van der Waals surface area contributed by atoms with Gasteiger partial charge in [-0.25, -0.2) is 4.39 Å². The maximum absolute atomic E-state index is 14.6. The third kappa shape index (κ3) is 7.31. The number of ether oxygens (including phenoxy) is 1. The molecule has 7 heteroatoms. The number of carbonyl (C=O) groups excluding carboxylic acids is 2. The molecular weight excluding hydrogens is 634 g/mol. The highest BCUT2D eigenvalue weighted by Gasteiger charge is 2.57. The average Bonchev–Trinajstić information content (AvgIpc) is 3.41. The summed E-state index contributed by atoms with van der Waals surface area (Å²) in [6.07, 6.45) is 12.7. The first-order valence-electron chi connectivity index (χ1n) is 18.6. The molecule has 4 fully saturated rings. The molecule has 0 spiro atoms. The van der Waals surface area contributed by atoms with Crippen molar-refractivity contribution >= 4 is 26.7 Å². The molecular formula is C42H58FO5P. The van der Waals surface area contributed by atoms with E-state index in [1.807, 2.05) is 0 Å². The van der Waals surface area contributed by atoms with E-state index in [4.69, 9.17) is 4.74 Å². The van der Waals surface area contributed by atoms with E-state index < -0.39 is 23.2 Å². The molecule has 5 nitrogen and oxygen atoms in total. The molecule has 5 rings (SSSR count). The van der Waals surface area contributed by atoms with E-state index in [1.54, 1.807) is 26.0 Å². The molecule has 0 aliphatic heterocycles. The minimum Gasteiger partial charge on any atom is -0.481 e. The summed E-state index contributed by atoms with van der Waals surface area (Å²) in [7, 11) is 2.10. The first-order chi connectivity index (χ1) is 22.9. The molecule has 0 bridgehead atoms. The van der Waals surface area contributed by atoms with Crippen LogP contribution < -0.4 is 0 Å². The van der Waals surface area contributed by atoms with Crippen LogP contribution in [0.5, 0.6) is 0 Å². The van der Waals surface area contributed by atoms with E-state index in [9.17, 15) is 23.9 Å².